The van der Waals surface area contributed by atoms with Gasteiger partial charge in [0, 0.05) is 15.8 Å². The monoisotopic (exact) mass is 341 g/mol. The summed E-state index contributed by atoms with van der Waals surface area (Å²) in [6, 6.07) is 11.3. The first kappa shape index (κ1) is 12.3. The van der Waals surface area contributed by atoms with Crippen molar-refractivity contribution in [3.63, 3.8) is 0 Å². The normalized spacial score (nSPS) is 12.2. The first-order valence-corrected chi connectivity index (χ1v) is 6.30. The van der Waals surface area contributed by atoms with Gasteiger partial charge < -0.3 is 9.84 Å². The van der Waals surface area contributed by atoms with Gasteiger partial charge in [0.25, 0.3) is 0 Å². The lowest BCUT2D eigenvalue weighted by atomic mass is 10.2. The number of benzene rings is 1. The van der Waals surface area contributed by atoms with Gasteiger partial charge in [-0.3, -0.25) is 0 Å². The third-order valence-corrected chi connectivity index (χ3v) is 3.00. The van der Waals surface area contributed by atoms with Crippen molar-refractivity contribution in [3.8, 4) is 11.6 Å². The standard InChI is InChI=1S/C13H12INO2/c1-9(16)10-2-7-13(15-8-10)17-12-5-3-11(14)4-6-12/h2-9,16H,1H3/t9-/m1/s1. The van der Waals surface area contributed by atoms with E-state index in [0.29, 0.717) is 5.88 Å². The molecule has 0 saturated heterocycles. The zero-order chi connectivity index (χ0) is 12.3. The molecule has 4 heteroatoms. The van der Waals surface area contributed by atoms with E-state index in [4.69, 9.17) is 4.74 Å². The molecular formula is C13H12INO2. The third-order valence-electron chi connectivity index (χ3n) is 2.28. The van der Waals surface area contributed by atoms with Gasteiger partial charge in [0.1, 0.15) is 5.75 Å². The zero-order valence-corrected chi connectivity index (χ0v) is 11.5. The maximum Gasteiger partial charge on any atom is 0.219 e. The lowest BCUT2D eigenvalue weighted by Crippen LogP contribution is -1.93. The Bertz CT molecular complexity index is 480. The van der Waals surface area contributed by atoms with E-state index in [1.807, 2.05) is 24.3 Å². The van der Waals surface area contributed by atoms with Crippen molar-refractivity contribution in [1.29, 1.82) is 0 Å². The van der Waals surface area contributed by atoms with Gasteiger partial charge in [-0.05, 0) is 65.4 Å². The van der Waals surface area contributed by atoms with Crippen molar-refractivity contribution in [3.05, 3.63) is 51.7 Å². The average Bonchev–Trinajstić information content (AvgIpc) is 2.33. The van der Waals surface area contributed by atoms with Crippen LogP contribution in [0.25, 0.3) is 0 Å². The molecule has 88 valence electrons. The Kier molecular flexibility index (Phi) is 3.96. The van der Waals surface area contributed by atoms with Crippen LogP contribution in [-0.4, -0.2) is 10.1 Å². The third kappa shape index (κ3) is 3.41. The second-order valence-corrected chi connectivity index (χ2v) is 4.91. The molecular weight excluding hydrogens is 329 g/mol. The predicted octanol–water partition coefficient (Wildman–Crippen LogP) is 3.53. The molecule has 0 unspecified atom stereocenters. The lowest BCUT2D eigenvalue weighted by molar-refractivity contribution is 0.198. The number of aliphatic hydroxyl groups is 1. The van der Waals surface area contributed by atoms with E-state index < -0.39 is 6.10 Å². The van der Waals surface area contributed by atoms with Gasteiger partial charge in [-0.15, -0.1) is 0 Å². The molecule has 0 aliphatic carbocycles. The maximum absolute atomic E-state index is 9.35. The van der Waals surface area contributed by atoms with Crippen LogP contribution in [-0.2, 0) is 0 Å². The molecule has 0 amide bonds. The van der Waals surface area contributed by atoms with Gasteiger partial charge in [0.2, 0.25) is 5.88 Å². The van der Waals surface area contributed by atoms with Crippen molar-refractivity contribution in [2.24, 2.45) is 0 Å². The van der Waals surface area contributed by atoms with Crippen LogP contribution in [0, 0.1) is 3.57 Å². The summed E-state index contributed by atoms with van der Waals surface area (Å²) in [6.07, 6.45) is 1.11. The molecule has 1 heterocycles. The second-order valence-electron chi connectivity index (χ2n) is 3.66. The number of aromatic nitrogens is 1. The Labute approximate surface area is 114 Å². The van der Waals surface area contributed by atoms with Crippen LogP contribution in [0.4, 0.5) is 0 Å². The topological polar surface area (TPSA) is 42.4 Å². The van der Waals surface area contributed by atoms with Gasteiger partial charge >= 0.3 is 0 Å². The molecule has 1 aromatic carbocycles. The van der Waals surface area contributed by atoms with E-state index in [9.17, 15) is 5.11 Å². The number of nitrogens with zero attached hydrogens (tertiary/aromatic N) is 1. The molecule has 0 spiro atoms. The summed E-state index contributed by atoms with van der Waals surface area (Å²) < 4.78 is 6.73. The first-order chi connectivity index (χ1) is 8.15. The fourth-order valence-electron chi connectivity index (χ4n) is 1.32. The summed E-state index contributed by atoms with van der Waals surface area (Å²) in [4.78, 5) is 4.13. The van der Waals surface area contributed by atoms with Crippen LogP contribution in [0.2, 0.25) is 0 Å². The fourth-order valence-corrected chi connectivity index (χ4v) is 1.68. The van der Waals surface area contributed by atoms with Crippen LogP contribution in [0.5, 0.6) is 11.6 Å². The highest BCUT2D eigenvalue weighted by atomic mass is 127. The highest BCUT2D eigenvalue weighted by Crippen LogP contribution is 2.21. The van der Waals surface area contributed by atoms with Gasteiger partial charge in [-0.2, -0.15) is 0 Å². The Morgan fingerprint density at radius 2 is 1.88 bits per heavy atom. The minimum Gasteiger partial charge on any atom is -0.439 e. The quantitative estimate of drug-likeness (QED) is 0.869. The maximum atomic E-state index is 9.35. The van der Waals surface area contributed by atoms with Crippen LogP contribution in [0.3, 0.4) is 0 Å². The molecule has 0 aliphatic heterocycles. The summed E-state index contributed by atoms with van der Waals surface area (Å²) in [6.45, 7) is 1.71. The smallest absolute Gasteiger partial charge is 0.219 e. The van der Waals surface area contributed by atoms with Crippen molar-refractivity contribution in [2.75, 3.05) is 0 Å². The molecule has 0 saturated carbocycles. The molecule has 1 aromatic heterocycles. The van der Waals surface area contributed by atoms with E-state index in [2.05, 4.69) is 27.6 Å². The van der Waals surface area contributed by atoms with Crippen LogP contribution in [0.1, 0.15) is 18.6 Å². The Morgan fingerprint density at radius 3 is 2.41 bits per heavy atom. The average molecular weight is 341 g/mol. The van der Waals surface area contributed by atoms with Gasteiger partial charge in [-0.25, -0.2) is 4.98 Å². The molecule has 0 aliphatic rings. The summed E-state index contributed by atoms with van der Waals surface area (Å²) >= 11 is 2.24. The minimum absolute atomic E-state index is 0.505. The van der Waals surface area contributed by atoms with E-state index >= 15 is 0 Å². The zero-order valence-electron chi connectivity index (χ0n) is 9.30. The summed E-state index contributed by atoms with van der Waals surface area (Å²) in [7, 11) is 0. The van der Waals surface area contributed by atoms with Crippen LogP contribution < -0.4 is 4.74 Å². The van der Waals surface area contributed by atoms with Crippen molar-refractivity contribution in [1.82, 2.24) is 4.98 Å². The van der Waals surface area contributed by atoms with Crippen LogP contribution >= 0.6 is 22.6 Å². The van der Waals surface area contributed by atoms with E-state index in [1.165, 1.54) is 0 Å². The van der Waals surface area contributed by atoms with Gasteiger partial charge in [-0.1, -0.05) is 0 Å². The highest BCUT2D eigenvalue weighted by Gasteiger charge is 2.02. The largest absolute Gasteiger partial charge is 0.439 e. The van der Waals surface area contributed by atoms with Crippen molar-refractivity contribution >= 4 is 22.6 Å². The number of rotatable bonds is 3. The van der Waals surface area contributed by atoms with Crippen LogP contribution in [0.15, 0.2) is 42.6 Å². The molecule has 0 radical (unpaired) electrons. The van der Waals surface area contributed by atoms with E-state index in [0.717, 1.165) is 14.9 Å². The summed E-state index contributed by atoms with van der Waals surface area (Å²) in [5.41, 5.74) is 0.778. The first-order valence-electron chi connectivity index (χ1n) is 5.22. The Hall–Kier alpha value is -1.14. The number of ether oxygens (including phenoxy) is 1. The molecule has 2 aromatic rings. The van der Waals surface area contributed by atoms with Crippen molar-refractivity contribution in [2.45, 2.75) is 13.0 Å². The number of hydrogen-bond donors (Lipinski definition) is 1. The second kappa shape index (κ2) is 5.46. The van der Waals surface area contributed by atoms with Gasteiger partial charge in [0.05, 0.1) is 6.10 Å². The van der Waals surface area contributed by atoms with E-state index in [-0.39, 0.29) is 0 Å². The number of pyridine rings is 1. The molecule has 0 bridgehead atoms. The molecule has 1 N–H and O–H groups in total. The molecule has 17 heavy (non-hydrogen) atoms. The summed E-state index contributed by atoms with van der Waals surface area (Å²) in [5, 5.41) is 9.35. The Morgan fingerprint density at radius 1 is 1.18 bits per heavy atom. The number of aliphatic hydroxyl groups excluding tert-OH is 1. The fraction of sp³-hybridized carbons (Fsp3) is 0.154. The van der Waals surface area contributed by atoms with Gasteiger partial charge in [0.15, 0.2) is 0 Å². The molecule has 1 atom stereocenters. The SMILES string of the molecule is C[C@@H](O)c1ccc(Oc2ccc(I)cc2)nc1. The molecule has 3 nitrogen and oxygen atoms in total. The summed E-state index contributed by atoms with van der Waals surface area (Å²) in [5.74, 6) is 1.28. The molecule has 2 rings (SSSR count). The predicted molar refractivity (Wildman–Crippen MR) is 74.1 cm³/mol. The Balaban J connectivity index is 2.11. The van der Waals surface area contributed by atoms with Crippen molar-refractivity contribution < 1.29 is 9.84 Å². The lowest BCUT2D eigenvalue weighted by Gasteiger charge is -2.07. The molecule has 0 fully saturated rings. The highest BCUT2D eigenvalue weighted by molar-refractivity contribution is 14.1. The van der Waals surface area contributed by atoms with E-state index in [1.54, 1.807) is 25.3 Å². The minimum atomic E-state index is -0.505. The number of hydrogen-bond acceptors (Lipinski definition) is 3. The number of halogens is 1.